The first-order valence-corrected chi connectivity index (χ1v) is 7.49. The molecule has 3 heterocycles. The van der Waals surface area contributed by atoms with Crippen molar-refractivity contribution in [2.45, 2.75) is 37.9 Å². The summed E-state index contributed by atoms with van der Waals surface area (Å²) in [6.45, 7) is 7.46. The lowest BCUT2D eigenvalue weighted by Crippen LogP contribution is -2.40. The monoisotopic (exact) mass is 258 g/mol. The molecule has 3 aliphatic rings. The molecule has 0 radical (unpaired) electrons. The van der Waals surface area contributed by atoms with Gasteiger partial charge in [-0.2, -0.15) is 0 Å². The first-order valence-electron chi connectivity index (χ1n) is 7.49. The van der Waals surface area contributed by atoms with E-state index in [1.54, 1.807) is 0 Å². The van der Waals surface area contributed by atoms with Crippen molar-refractivity contribution in [3.05, 3.63) is 29.3 Å². The Morgan fingerprint density at radius 1 is 1.32 bits per heavy atom. The maximum absolute atomic E-state index is 6.23. The number of fused-ring (bicyclic) bond motifs is 3. The molecule has 3 nitrogen and oxygen atoms in total. The van der Waals surface area contributed by atoms with E-state index in [-0.39, 0.29) is 5.60 Å². The van der Waals surface area contributed by atoms with Crippen molar-refractivity contribution in [3.63, 3.8) is 0 Å². The Bertz CT molecular complexity index is 496. The van der Waals surface area contributed by atoms with Gasteiger partial charge in [-0.15, -0.1) is 0 Å². The van der Waals surface area contributed by atoms with Crippen molar-refractivity contribution in [3.8, 4) is 0 Å². The Labute approximate surface area is 114 Å². The Morgan fingerprint density at radius 3 is 3.00 bits per heavy atom. The van der Waals surface area contributed by atoms with Gasteiger partial charge in [-0.25, -0.2) is 0 Å². The molecule has 102 valence electrons. The minimum atomic E-state index is -0.00334. The Hall–Kier alpha value is -1.06. The van der Waals surface area contributed by atoms with Gasteiger partial charge in [0.25, 0.3) is 0 Å². The highest BCUT2D eigenvalue weighted by Gasteiger charge is 2.45. The van der Waals surface area contributed by atoms with Gasteiger partial charge in [-0.1, -0.05) is 12.1 Å². The maximum atomic E-state index is 6.23. The third kappa shape index (κ3) is 1.72. The molecule has 1 N–H and O–H groups in total. The molecule has 2 saturated heterocycles. The predicted octanol–water partition coefficient (Wildman–Crippen LogP) is 2.26. The number of ether oxygens (including phenoxy) is 1. The molecule has 1 aromatic rings. The van der Waals surface area contributed by atoms with Crippen LogP contribution in [0.5, 0.6) is 0 Å². The Morgan fingerprint density at radius 2 is 2.16 bits per heavy atom. The summed E-state index contributed by atoms with van der Waals surface area (Å²) < 4.78 is 6.23. The molecule has 0 saturated carbocycles. The van der Waals surface area contributed by atoms with Gasteiger partial charge in [-0.3, -0.25) is 0 Å². The van der Waals surface area contributed by atoms with Crippen molar-refractivity contribution < 1.29 is 4.74 Å². The van der Waals surface area contributed by atoms with Crippen molar-refractivity contribution >= 4 is 5.69 Å². The summed E-state index contributed by atoms with van der Waals surface area (Å²) in [6.07, 6.45) is 2.65. The third-order valence-corrected chi connectivity index (χ3v) is 5.12. The molecular formula is C16H22N2O. The smallest absolute Gasteiger partial charge is 0.0863 e. The topological polar surface area (TPSA) is 24.5 Å². The van der Waals surface area contributed by atoms with Gasteiger partial charge < -0.3 is 15.0 Å². The highest BCUT2D eigenvalue weighted by atomic mass is 16.5. The fraction of sp³-hybridized carbons (Fsp3) is 0.625. The van der Waals surface area contributed by atoms with Gasteiger partial charge in [0.15, 0.2) is 0 Å². The largest absolute Gasteiger partial charge is 0.371 e. The Balaban J connectivity index is 1.77. The lowest BCUT2D eigenvalue weighted by atomic mass is 9.81. The van der Waals surface area contributed by atoms with Crippen molar-refractivity contribution in [1.82, 2.24) is 5.32 Å². The van der Waals surface area contributed by atoms with Gasteiger partial charge in [0.1, 0.15) is 0 Å². The lowest BCUT2D eigenvalue weighted by molar-refractivity contribution is -0.0515. The number of anilines is 1. The van der Waals surface area contributed by atoms with Crippen molar-refractivity contribution in [2.24, 2.45) is 0 Å². The van der Waals surface area contributed by atoms with Crippen LogP contribution in [0.15, 0.2) is 18.2 Å². The molecule has 0 aliphatic carbocycles. The van der Waals surface area contributed by atoms with Crippen molar-refractivity contribution in [2.75, 3.05) is 31.1 Å². The first-order chi connectivity index (χ1) is 9.28. The van der Waals surface area contributed by atoms with Crippen LogP contribution in [0.3, 0.4) is 0 Å². The summed E-state index contributed by atoms with van der Waals surface area (Å²) >= 11 is 0. The number of nitrogens with one attached hydrogen (secondary N) is 1. The zero-order chi connectivity index (χ0) is 12.9. The van der Waals surface area contributed by atoms with E-state index in [0.29, 0.717) is 5.92 Å². The maximum Gasteiger partial charge on any atom is 0.0863 e. The summed E-state index contributed by atoms with van der Waals surface area (Å²) in [5.41, 5.74) is 4.37. The zero-order valence-electron chi connectivity index (χ0n) is 11.6. The molecule has 2 atom stereocenters. The van der Waals surface area contributed by atoms with Crippen LogP contribution in [0.4, 0.5) is 5.69 Å². The fourth-order valence-corrected chi connectivity index (χ4v) is 3.96. The van der Waals surface area contributed by atoms with Crippen LogP contribution in [0, 0.1) is 0 Å². The fourth-order valence-electron chi connectivity index (χ4n) is 3.96. The summed E-state index contributed by atoms with van der Waals surface area (Å²) in [5, 5.41) is 3.50. The quantitative estimate of drug-likeness (QED) is 0.836. The van der Waals surface area contributed by atoms with E-state index >= 15 is 0 Å². The summed E-state index contributed by atoms with van der Waals surface area (Å²) in [4.78, 5) is 2.53. The molecule has 3 heteroatoms. The normalized spacial score (nSPS) is 33.3. The van der Waals surface area contributed by atoms with Crippen LogP contribution < -0.4 is 10.2 Å². The molecule has 0 spiro atoms. The van der Waals surface area contributed by atoms with E-state index in [0.717, 1.165) is 19.7 Å². The SMILES string of the molecule is C[C@@]12CNC[C@@H]1c1cccc(N3CCCC3)c1CO2. The van der Waals surface area contributed by atoms with Gasteiger partial charge >= 0.3 is 0 Å². The summed E-state index contributed by atoms with van der Waals surface area (Å²) in [5.74, 6) is 0.513. The molecular weight excluding hydrogens is 236 g/mol. The van der Waals surface area contributed by atoms with Crippen molar-refractivity contribution in [1.29, 1.82) is 0 Å². The molecule has 0 unspecified atom stereocenters. The number of hydrogen-bond donors (Lipinski definition) is 1. The molecule has 3 aliphatic heterocycles. The van der Waals surface area contributed by atoms with E-state index in [9.17, 15) is 0 Å². The van der Waals surface area contributed by atoms with Crippen LogP contribution in [0.1, 0.15) is 36.8 Å². The molecule has 0 aromatic heterocycles. The third-order valence-electron chi connectivity index (χ3n) is 5.12. The van der Waals surface area contributed by atoms with Crippen LogP contribution in [-0.2, 0) is 11.3 Å². The number of benzene rings is 1. The van der Waals surface area contributed by atoms with E-state index in [1.165, 1.54) is 42.7 Å². The second kappa shape index (κ2) is 4.22. The summed E-state index contributed by atoms with van der Waals surface area (Å²) in [7, 11) is 0. The average Bonchev–Trinajstić information content (AvgIpc) is 3.06. The van der Waals surface area contributed by atoms with Gasteiger partial charge in [0, 0.05) is 43.3 Å². The predicted molar refractivity (Wildman–Crippen MR) is 76.7 cm³/mol. The highest BCUT2D eigenvalue weighted by Crippen LogP contribution is 2.44. The van der Waals surface area contributed by atoms with Crippen LogP contribution in [-0.4, -0.2) is 31.8 Å². The van der Waals surface area contributed by atoms with E-state index in [4.69, 9.17) is 4.74 Å². The average molecular weight is 258 g/mol. The molecule has 0 amide bonds. The number of hydrogen-bond acceptors (Lipinski definition) is 3. The van der Waals surface area contributed by atoms with Crippen LogP contribution in [0.2, 0.25) is 0 Å². The zero-order valence-corrected chi connectivity index (χ0v) is 11.6. The highest BCUT2D eigenvalue weighted by molar-refractivity contribution is 5.59. The minimum absolute atomic E-state index is 0.00334. The van der Waals surface area contributed by atoms with Gasteiger partial charge in [-0.05, 0) is 31.4 Å². The second-order valence-corrected chi connectivity index (χ2v) is 6.32. The number of nitrogens with zero attached hydrogens (tertiary/aromatic N) is 1. The van der Waals surface area contributed by atoms with E-state index in [1.807, 2.05) is 0 Å². The number of rotatable bonds is 1. The summed E-state index contributed by atoms with van der Waals surface area (Å²) in [6, 6.07) is 6.82. The lowest BCUT2D eigenvalue weighted by Gasteiger charge is -2.38. The molecule has 19 heavy (non-hydrogen) atoms. The van der Waals surface area contributed by atoms with Gasteiger partial charge in [0.05, 0.1) is 12.2 Å². The van der Waals surface area contributed by atoms with Gasteiger partial charge in [0.2, 0.25) is 0 Å². The minimum Gasteiger partial charge on any atom is -0.371 e. The second-order valence-electron chi connectivity index (χ2n) is 6.32. The van der Waals surface area contributed by atoms with Crippen LogP contribution >= 0.6 is 0 Å². The molecule has 4 rings (SSSR count). The van der Waals surface area contributed by atoms with Crippen LogP contribution in [0.25, 0.3) is 0 Å². The van der Waals surface area contributed by atoms with E-state index in [2.05, 4.69) is 35.3 Å². The molecule has 2 fully saturated rings. The standard InChI is InChI=1S/C16H22N2O/c1-16-11-17-9-14(16)12-5-4-6-15(13(12)10-19-16)18-7-2-3-8-18/h4-6,14,17H,2-3,7-11H2,1H3/t14-,16-/m1/s1. The Kier molecular flexibility index (Phi) is 2.61. The molecule has 0 bridgehead atoms. The molecule has 1 aromatic carbocycles. The first kappa shape index (κ1) is 11.7. The van der Waals surface area contributed by atoms with E-state index < -0.39 is 0 Å².